The summed E-state index contributed by atoms with van der Waals surface area (Å²) in [5.41, 5.74) is 1.15. The summed E-state index contributed by atoms with van der Waals surface area (Å²) in [5, 5.41) is 21.6. The number of benzene rings is 2. The second-order valence-corrected chi connectivity index (χ2v) is 7.42. The number of methoxy groups -OCH3 is 1. The average Bonchev–Trinajstić information content (AvgIpc) is 3.08. The number of phenolic OH excluding ortho intramolecular Hbond substituents is 1. The van der Waals surface area contributed by atoms with Gasteiger partial charge in [0.2, 0.25) is 0 Å². The lowest BCUT2D eigenvalue weighted by molar-refractivity contribution is 0.102. The van der Waals surface area contributed by atoms with Gasteiger partial charge >= 0.3 is 6.09 Å². The molecule has 4 N–H and O–H groups in total. The summed E-state index contributed by atoms with van der Waals surface area (Å²) in [7, 11) is 1.46. The van der Waals surface area contributed by atoms with E-state index in [1.54, 1.807) is 36.4 Å². The highest BCUT2D eigenvalue weighted by Crippen LogP contribution is 2.30. The number of H-pyrrole nitrogens is 1. The van der Waals surface area contributed by atoms with E-state index in [0.717, 1.165) is 5.56 Å². The molecule has 162 valence electrons. The highest BCUT2D eigenvalue weighted by atomic mass is 79.9. The van der Waals surface area contributed by atoms with E-state index in [2.05, 4.69) is 36.8 Å². The van der Waals surface area contributed by atoms with Gasteiger partial charge in [0.1, 0.15) is 10.3 Å². The molecule has 1 heterocycles. The van der Waals surface area contributed by atoms with Crippen molar-refractivity contribution in [3.8, 4) is 17.4 Å². The number of halogens is 2. The Balaban J connectivity index is 1.53. The Labute approximate surface area is 190 Å². The first kappa shape index (κ1) is 22.4. The molecule has 2 aromatic carbocycles. The molecular formula is C20H18BrClN4O5. The summed E-state index contributed by atoms with van der Waals surface area (Å²) < 4.78 is 10.5. The number of carbonyl (C=O) groups excluding carboxylic acids is 2. The molecule has 31 heavy (non-hydrogen) atoms. The van der Waals surface area contributed by atoms with Gasteiger partial charge in [-0.2, -0.15) is 0 Å². The largest absolute Gasteiger partial charge is 0.504 e. The van der Waals surface area contributed by atoms with Gasteiger partial charge in [-0.15, -0.1) is 5.10 Å². The molecule has 0 radical (unpaired) electrons. The number of ether oxygens (including phenoxy) is 2. The van der Waals surface area contributed by atoms with Crippen molar-refractivity contribution < 1.29 is 24.2 Å². The Morgan fingerprint density at radius 2 is 2.03 bits per heavy atom. The first-order valence-electron chi connectivity index (χ1n) is 9.00. The summed E-state index contributed by atoms with van der Waals surface area (Å²) in [6.45, 7) is 0.283. The third kappa shape index (κ3) is 5.68. The number of nitrogens with zero attached hydrogens (tertiary/aromatic N) is 1. The number of aromatic nitrogens is 2. The molecule has 0 bridgehead atoms. The maximum Gasteiger partial charge on any atom is 0.414 e. The Bertz CT molecular complexity index is 1100. The number of hydrogen-bond donors (Lipinski definition) is 4. The van der Waals surface area contributed by atoms with E-state index < -0.39 is 12.0 Å². The van der Waals surface area contributed by atoms with Crippen LogP contribution in [0.2, 0.25) is 5.02 Å². The summed E-state index contributed by atoms with van der Waals surface area (Å²) >= 11 is 9.26. The van der Waals surface area contributed by atoms with Crippen molar-refractivity contribution in [3.05, 3.63) is 63.1 Å². The number of nitrogens with one attached hydrogen (secondary N) is 3. The third-order valence-electron chi connectivity index (χ3n) is 4.15. The van der Waals surface area contributed by atoms with Gasteiger partial charge < -0.3 is 25.2 Å². The van der Waals surface area contributed by atoms with Crippen LogP contribution in [0.15, 0.2) is 46.9 Å². The molecule has 3 rings (SSSR count). The molecule has 0 fully saturated rings. The van der Waals surface area contributed by atoms with Crippen molar-refractivity contribution in [2.24, 2.45) is 0 Å². The van der Waals surface area contributed by atoms with Crippen LogP contribution in [-0.2, 0) is 6.42 Å². The molecule has 0 aliphatic heterocycles. The predicted molar refractivity (Wildman–Crippen MR) is 118 cm³/mol. The number of aromatic amines is 1. The van der Waals surface area contributed by atoms with E-state index in [1.165, 1.54) is 13.2 Å². The van der Waals surface area contributed by atoms with E-state index in [1.807, 2.05) is 0 Å². The van der Waals surface area contributed by atoms with Crippen molar-refractivity contribution in [2.45, 2.75) is 6.42 Å². The van der Waals surface area contributed by atoms with Gasteiger partial charge in [0.25, 0.3) is 11.8 Å². The lowest BCUT2D eigenvalue weighted by Crippen LogP contribution is -2.29. The van der Waals surface area contributed by atoms with Gasteiger partial charge in [-0.25, -0.2) is 4.79 Å². The highest BCUT2D eigenvalue weighted by Gasteiger charge is 2.18. The Morgan fingerprint density at radius 3 is 2.77 bits per heavy atom. The van der Waals surface area contributed by atoms with Crippen LogP contribution in [-0.4, -0.2) is 41.0 Å². The third-order valence-corrected chi connectivity index (χ3v) is 5.22. The molecule has 3 aromatic rings. The molecular weight excluding hydrogens is 492 g/mol. The van der Waals surface area contributed by atoms with Gasteiger partial charge in [-0.05, 0) is 52.2 Å². The number of amides is 2. The smallest absolute Gasteiger partial charge is 0.414 e. The lowest BCUT2D eigenvalue weighted by atomic mass is 10.1. The minimum Gasteiger partial charge on any atom is -0.504 e. The highest BCUT2D eigenvalue weighted by molar-refractivity contribution is 9.10. The molecule has 0 saturated carbocycles. The van der Waals surface area contributed by atoms with Gasteiger partial charge in [0, 0.05) is 6.54 Å². The number of anilines is 1. The van der Waals surface area contributed by atoms with Crippen molar-refractivity contribution in [1.29, 1.82) is 0 Å². The summed E-state index contributed by atoms with van der Waals surface area (Å²) in [5.74, 6) is 0.115. The first-order chi connectivity index (χ1) is 14.9. The first-order valence-corrected chi connectivity index (χ1v) is 10.2. The molecule has 0 aliphatic rings. The number of carbonyl (C=O) groups is 2. The summed E-state index contributed by atoms with van der Waals surface area (Å²) in [4.78, 5) is 24.4. The minimum atomic E-state index is -0.720. The molecule has 11 heteroatoms. The Hall–Kier alpha value is -3.24. The number of phenols is 1. The fourth-order valence-electron chi connectivity index (χ4n) is 2.60. The van der Waals surface area contributed by atoms with Gasteiger partial charge in [-0.3, -0.25) is 9.89 Å². The maximum absolute atomic E-state index is 12.4. The van der Waals surface area contributed by atoms with Gasteiger partial charge in [-0.1, -0.05) is 29.8 Å². The minimum absolute atomic E-state index is 0.0411. The molecule has 2 amide bonds. The summed E-state index contributed by atoms with van der Waals surface area (Å²) in [6, 6.07) is 11.5. The van der Waals surface area contributed by atoms with Crippen LogP contribution in [0.5, 0.6) is 17.4 Å². The second kappa shape index (κ2) is 10.2. The van der Waals surface area contributed by atoms with Crippen LogP contribution in [0, 0.1) is 0 Å². The molecule has 0 atom stereocenters. The molecule has 9 nitrogen and oxygen atoms in total. The number of rotatable bonds is 7. The van der Waals surface area contributed by atoms with Crippen LogP contribution >= 0.6 is 27.5 Å². The molecule has 0 spiro atoms. The van der Waals surface area contributed by atoms with Crippen LogP contribution in [0.3, 0.4) is 0 Å². The molecule has 0 saturated heterocycles. The number of hydrogen-bond acceptors (Lipinski definition) is 6. The summed E-state index contributed by atoms with van der Waals surface area (Å²) in [6.07, 6.45) is -0.228. The van der Waals surface area contributed by atoms with E-state index in [4.69, 9.17) is 21.1 Å². The second-order valence-electron chi connectivity index (χ2n) is 6.22. The van der Waals surface area contributed by atoms with Crippen LogP contribution < -0.4 is 20.1 Å². The zero-order valence-electron chi connectivity index (χ0n) is 16.2. The average molecular weight is 510 g/mol. The quantitative estimate of drug-likeness (QED) is 0.380. The Morgan fingerprint density at radius 1 is 1.26 bits per heavy atom. The fraction of sp³-hybridized carbons (Fsp3) is 0.150. The monoisotopic (exact) mass is 508 g/mol. The topological polar surface area (TPSA) is 126 Å². The zero-order chi connectivity index (χ0) is 22.4. The lowest BCUT2D eigenvalue weighted by Gasteiger charge is -2.08. The van der Waals surface area contributed by atoms with Crippen LogP contribution in [0.1, 0.15) is 15.9 Å². The van der Waals surface area contributed by atoms with E-state index >= 15 is 0 Å². The SMILES string of the molecule is COc1cc(CCNC(=O)Oc2n[nH]c(NC(=O)c3ccccc3Cl)c2Br)ccc1O. The zero-order valence-corrected chi connectivity index (χ0v) is 18.6. The number of aromatic hydroxyl groups is 1. The van der Waals surface area contributed by atoms with Crippen molar-refractivity contribution in [3.63, 3.8) is 0 Å². The van der Waals surface area contributed by atoms with E-state index in [9.17, 15) is 14.7 Å². The van der Waals surface area contributed by atoms with Crippen molar-refractivity contribution in [2.75, 3.05) is 19.0 Å². The fourth-order valence-corrected chi connectivity index (χ4v) is 3.18. The van der Waals surface area contributed by atoms with Crippen LogP contribution in [0.25, 0.3) is 0 Å². The molecule has 1 aromatic heterocycles. The van der Waals surface area contributed by atoms with Gasteiger partial charge in [0.05, 0.1) is 17.7 Å². The van der Waals surface area contributed by atoms with Crippen molar-refractivity contribution in [1.82, 2.24) is 15.5 Å². The Kier molecular flexibility index (Phi) is 7.37. The van der Waals surface area contributed by atoms with E-state index in [0.29, 0.717) is 17.2 Å². The molecule has 0 unspecified atom stereocenters. The van der Waals surface area contributed by atoms with Crippen LogP contribution in [0.4, 0.5) is 10.6 Å². The van der Waals surface area contributed by atoms with E-state index in [-0.39, 0.29) is 34.0 Å². The standard InChI is InChI=1S/C20H18BrClN4O5/c1-30-15-10-11(6-7-14(15)27)8-9-23-20(29)31-19-16(21)17(25-26-19)24-18(28)12-4-2-3-5-13(12)22/h2-7,10,27H,8-9H2,1H3,(H,23,29)(H2,24,25,26,28). The maximum atomic E-state index is 12.4. The predicted octanol–water partition coefficient (Wildman–Crippen LogP) is 4.12. The van der Waals surface area contributed by atoms with Crippen molar-refractivity contribution >= 4 is 45.3 Å². The van der Waals surface area contributed by atoms with Gasteiger partial charge in [0.15, 0.2) is 11.5 Å². The molecule has 0 aliphatic carbocycles. The normalized spacial score (nSPS) is 10.4.